The number of hydrogen-bond donors (Lipinski definition) is 0. The summed E-state index contributed by atoms with van der Waals surface area (Å²) in [5.74, 6) is 1.06. The van der Waals surface area contributed by atoms with E-state index in [-0.39, 0.29) is 11.7 Å². The van der Waals surface area contributed by atoms with Crippen molar-refractivity contribution in [1.29, 1.82) is 0 Å². The lowest BCUT2D eigenvalue weighted by Crippen LogP contribution is -2.26. The van der Waals surface area contributed by atoms with E-state index in [1.807, 2.05) is 48.5 Å². The van der Waals surface area contributed by atoms with Gasteiger partial charge in [0.1, 0.15) is 5.75 Å². The lowest BCUT2D eigenvalue weighted by molar-refractivity contribution is -0.0498. The Morgan fingerprint density at radius 2 is 1.74 bits per heavy atom. The van der Waals surface area contributed by atoms with Crippen LogP contribution in [0, 0.1) is 0 Å². The largest absolute Gasteiger partial charge is 0.435 e. The summed E-state index contributed by atoms with van der Waals surface area (Å²) in [6.07, 6.45) is 0. The molecule has 10 heteroatoms. The molecule has 0 unspecified atom stereocenters. The molecule has 7 nitrogen and oxygen atoms in total. The van der Waals surface area contributed by atoms with Crippen LogP contribution in [-0.2, 0) is 12.3 Å². The van der Waals surface area contributed by atoms with E-state index >= 15 is 0 Å². The van der Waals surface area contributed by atoms with Crippen LogP contribution in [0.4, 0.5) is 8.78 Å². The third kappa shape index (κ3) is 5.76. The van der Waals surface area contributed by atoms with Crippen LogP contribution in [0.25, 0.3) is 5.69 Å². The standard InChI is InChI=1S/C24H21F2N5O2S/c1-30(15-17-11-13-19(14-12-17)33-24(25)26)23(32)20-9-5-6-10-21(20)34-16-22-27-28-29-31(22)18-7-3-2-4-8-18/h2-14,24H,15-16H2,1H3. The molecular formula is C24H21F2N5O2S. The Labute approximate surface area is 199 Å². The molecule has 0 bridgehead atoms. The van der Waals surface area contributed by atoms with E-state index in [4.69, 9.17) is 0 Å². The zero-order chi connectivity index (χ0) is 23.9. The van der Waals surface area contributed by atoms with E-state index in [1.165, 1.54) is 23.9 Å². The van der Waals surface area contributed by atoms with Crippen molar-refractivity contribution in [3.63, 3.8) is 0 Å². The third-order valence-corrected chi connectivity index (χ3v) is 5.99. The highest BCUT2D eigenvalue weighted by molar-refractivity contribution is 7.98. The number of carbonyl (C=O) groups is 1. The second-order valence-corrected chi connectivity index (χ2v) is 8.33. The number of benzene rings is 3. The highest BCUT2D eigenvalue weighted by atomic mass is 32.2. The monoisotopic (exact) mass is 481 g/mol. The van der Waals surface area contributed by atoms with Gasteiger partial charge in [-0.05, 0) is 52.4 Å². The molecule has 0 saturated carbocycles. The summed E-state index contributed by atoms with van der Waals surface area (Å²) in [5, 5.41) is 12.0. The van der Waals surface area contributed by atoms with E-state index in [0.717, 1.165) is 16.1 Å². The summed E-state index contributed by atoms with van der Waals surface area (Å²) < 4.78 is 30.7. The lowest BCUT2D eigenvalue weighted by Gasteiger charge is -2.19. The minimum absolute atomic E-state index is 0.0762. The maximum atomic E-state index is 13.2. The van der Waals surface area contributed by atoms with Gasteiger partial charge in [-0.2, -0.15) is 13.5 Å². The molecule has 0 N–H and O–H groups in total. The molecule has 0 radical (unpaired) electrons. The molecule has 1 heterocycles. The summed E-state index contributed by atoms with van der Waals surface area (Å²) >= 11 is 1.47. The molecule has 4 aromatic rings. The Balaban J connectivity index is 1.44. The molecule has 0 aliphatic carbocycles. The van der Waals surface area contributed by atoms with Crippen molar-refractivity contribution in [3.05, 3.63) is 95.8 Å². The first-order chi connectivity index (χ1) is 16.5. The molecular weight excluding hydrogens is 460 g/mol. The highest BCUT2D eigenvalue weighted by Gasteiger charge is 2.18. The molecule has 0 fully saturated rings. The fourth-order valence-corrected chi connectivity index (χ4v) is 4.25. The molecule has 0 spiro atoms. The van der Waals surface area contributed by atoms with E-state index in [0.29, 0.717) is 23.7 Å². The molecule has 34 heavy (non-hydrogen) atoms. The Morgan fingerprint density at radius 3 is 2.47 bits per heavy atom. The minimum Gasteiger partial charge on any atom is -0.435 e. The molecule has 4 rings (SSSR count). The van der Waals surface area contributed by atoms with Crippen LogP contribution in [0.3, 0.4) is 0 Å². The molecule has 0 aliphatic rings. The van der Waals surface area contributed by atoms with E-state index in [2.05, 4.69) is 20.3 Å². The zero-order valence-corrected chi connectivity index (χ0v) is 19.0. The van der Waals surface area contributed by atoms with Crippen LogP contribution in [0.2, 0.25) is 0 Å². The predicted molar refractivity (Wildman–Crippen MR) is 124 cm³/mol. The topological polar surface area (TPSA) is 73.1 Å². The molecule has 1 aromatic heterocycles. The fourth-order valence-electron chi connectivity index (χ4n) is 3.30. The first-order valence-corrected chi connectivity index (χ1v) is 11.3. The van der Waals surface area contributed by atoms with Gasteiger partial charge >= 0.3 is 6.61 Å². The van der Waals surface area contributed by atoms with Crippen molar-refractivity contribution in [2.75, 3.05) is 7.05 Å². The number of aromatic nitrogens is 4. The fraction of sp³-hybridized carbons (Fsp3) is 0.167. The van der Waals surface area contributed by atoms with Crippen molar-refractivity contribution in [2.24, 2.45) is 0 Å². The molecule has 0 saturated heterocycles. The number of tetrazole rings is 1. The van der Waals surface area contributed by atoms with Crippen molar-refractivity contribution < 1.29 is 18.3 Å². The van der Waals surface area contributed by atoms with Gasteiger partial charge in [0.05, 0.1) is 17.0 Å². The van der Waals surface area contributed by atoms with Gasteiger partial charge in [0.15, 0.2) is 5.82 Å². The molecule has 0 atom stereocenters. The summed E-state index contributed by atoms with van der Waals surface area (Å²) in [6, 6.07) is 23.2. The van der Waals surface area contributed by atoms with Gasteiger partial charge in [0, 0.05) is 18.5 Å². The number of hydrogen-bond acceptors (Lipinski definition) is 6. The van der Waals surface area contributed by atoms with Gasteiger partial charge in [-0.15, -0.1) is 16.9 Å². The summed E-state index contributed by atoms with van der Waals surface area (Å²) in [7, 11) is 1.70. The number of amides is 1. The Morgan fingerprint density at radius 1 is 1.03 bits per heavy atom. The highest BCUT2D eigenvalue weighted by Crippen LogP contribution is 2.27. The van der Waals surface area contributed by atoms with Gasteiger partial charge < -0.3 is 9.64 Å². The van der Waals surface area contributed by atoms with Crippen LogP contribution in [0.5, 0.6) is 5.75 Å². The average molecular weight is 482 g/mol. The Hall–Kier alpha value is -3.79. The van der Waals surface area contributed by atoms with Crippen molar-refractivity contribution in [1.82, 2.24) is 25.1 Å². The first-order valence-electron chi connectivity index (χ1n) is 10.3. The van der Waals surface area contributed by atoms with Crippen molar-refractivity contribution >= 4 is 17.7 Å². The average Bonchev–Trinajstić information content (AvgIpc) is 3.32. The first kappa shape index (κ1) is 23.4. The molecule has 0 aliphatic heterocycles. The number of alkyl halides is 2. The molecule has 174 valence electrons. The number of carbonyl (C=O) groups excluding carboxylic acids is 1. The van der Waals surface area contributed by atoms with Gasteiger partial charge in [-0.1, -0.05) is 42.5 Å². The lowest BCUT2D eigenvalue weighted by atomic mass is 10.1. The zero-order valence-electron chi connectivity index (χ0n) is 18.2. The van der Waals surface area contributed by atoms with Gasteiger partial charge in [-0.25, -0.2) is 0 Å². The number of nitrogens with zero attached hydrogens (tertiary/aromatic N) is 5. The number of halogens is 2. The van der Waals surface area contributed by atoms with Crippen LogP contribution < -0.4 is 4.74 Å². The third-order valence-electron chi connectivity index (χ3n) is 4.92. The van der Waals surface area contributed by atoms with Crippen LogP contribution in [-0.4, -0.2) is 44.7 Å². The van der Waals surface area contributed by atoms with E-state index in [1.54, 1.807) is 34.8 Å². The van der Waals surface area contributed by atoms with Crippen molar-refractivity contribution in [2.45, 2.75) is 23.8 Å². The minimum atomic E-state index is -2.87. The second kappa shape index (κ2) is 10.9. The number of ether oxygens (including phenoxy) is 1. The van der Waals surface area contributed by atoms with E-state index in [9.17, 15) is 13.6 Å². The summed E-state index contributed by atoms with van der Waals surface area (Å²) in [6.45, 7) is -2.56. The smallest absolute Gasteiger partial charge is 0.387 e. The van der Waals surface area contributed by atoms with Gasteiger partial charge in [-0.3, -0.25) is 4.79 Å². The number of para-hydroxylation sites is 1. The predicted octanol–water partition coefficient (Wildman–Crippen LogP) is 4.83. The van der Waals surface area contributed by atoms with E-state index < -0.39 is 6.61 Å². The number of thioether (sulfide) groups is 1. The maximum absolute atomic E-state index is 13.2. The Bertz CT molecular complexity index is 1240. The Kier molecular flexibility index (Phi) is 7.48. The van der Waals surface area contributed by atoms with Crippen LogP contribution >= 0.6 is 11.8 Å². The summed E-state index contributed by atoms with van der Waals surface area (Å²) in [5.41, 5.74) is 2.22. The molecule has 1 amide bonds. The summed E-state index contributed by atoms with van der Waals surface area (Å²) in [4.78, 5) is 15.6. The van der Waals surface area contributed by atoms with Crippen molar-refractivity contribution in [3.8, 4) is 11.4 Å². The second-order valence-electron chi connectivity index (χ2n) is 7.31. The molecule has 3 aromatic carbocycles. The van der Waals surface area contributed by atoms with Gasteiger partial charge in [0.25, 0.3) is 5.91 Å². The number of rotatable bonds is 9. The van der Waals surface area contributed by atoms with Gasteiger partial charge in [0.2, 0.25) is 0 Å². The maximum Gasteiger partial charge on any atom is 0.387 e. The SMILES string of the molecule is CN(Cc1ccc(OC(F)F)cc1)C(=O)c1ccccc1SCc1nnnn1-c1ccccc1. The van der Waals surface area contributed by atoms with Crippen LogP contribution in [0.15, 0.2) is 83.8 Å². The quantitative estimate of drug-likeness (QED) is 0.319. The normalized spacial score (nSPS) is 10.9. The van der Waals surface area contributed by atoms with Crippen LogP contribution in [0.1, 0.15) is 21.7 Å².